The molecule has 0 saturated carbocycles. The minimum Gasteiger partial charge on any atom is -0.478 e. The molecule has 1 N–H and O–H groups in total. The molecule has 26 heavy (non-hydrogen) atoms. The van der Waals surface area contributed by atoms with Gasteiger partial charge in [-0.2, -0.15) is 0 Å². The van der Waals surface area contributed by atoms with Gasteiger partial charge in [-0.15, -0.1) is 0 Å². The Morgan fingerprint density at radius 1 is 1.27 bits per heavy atom. The number of benzene rings is 2. The van der Waals surface area contributed by atoms with Gasteiger partial charge in [0.05, 0.1) is 11.3 Å². The average Bonchev–Trinajstić information content (AvgIpc) is 2.58. The summed E-state index contributed by atoms with van der Waals surface area (Å²) >= 11 is 0. The van der Waals surface area contributed by atoms with E-state index in [0.29, 0.717) is 11.6 Å². The zero-order chi connectivity index (χ0) is 19.1. The molecular weight excluding hydrogens is 324 g/mol. The molecular formula is C22H26N2O2. The fraction of sp³-hybridized carbons (Fsp3) is 0.364. The lowest BCUT2D eigenvalue weighted by Gasteiger charge is -2.45. The number of carbonyl (C=O) groups is 1. The molecule has 1 aliphatic heterocycles. The van der Waals surface area contributed by atoms with Crippen LogP contribution in [0.3, 0.4) is 0 Å². The van der Waals surface area contributed by atoms with Gasteiger partial charge in [0.2, 0.25) is 0 Å². The smallest absolute Gasteiger partial charge is 0.335 e. The van der Waals surface area contributed by atoms with Crippen LogP contribution in [-0.4, -0.2) is 29.9 Å². The van der Waals surface area contributed by atoms with Crippen molar-refractivity contribution in [3.8, 4) is 0 Å². The lowest BCUT2D eigenvalue weighted by molar-refractivity contribution is 0.0697. The van der Waals surface area contributed by atoms with E-state index in [4.69, 9.17) is 5.11 Å². The first-order chi connectivity index (χ1) is 12.2. The lowest BCUT2D eigenvalue weighted by Crippen LogP contribution is -2.45. The second kappa shape index (κ2) is 6.60. The molecule has 1 aliphatic rings. The third kappa shape index (κ3) is 3.36. The molecule has 0 spiro atoms. The molecule has 4 heteroatoms. The number of anilines is 1. The topological polar surface area (TPSA) is 52.9 Å². The Morgan fingerprint density at radius 3 is 2.69 bits per heavy atom. The van der Waals surface area contributed by atoms with Gasteiger partial charge in [0.1, 0.15) is 0 Å². The van der Waals surface area contributed by atoms with Crippen LogP contribution in [0.5, 0.6) is 0 Å². The van der Waals surface area contributed by atoms with Crippen LogP contribution in [0.2, 0.25) is 0 Å². The second-order valence-electron chi connectivity index (χ2n) is 7.86. The number of fused-ring (bicyclic) bond motifs is 1. The molecule has 3 rings (SSSR count). The van der Waals surface area contributed by atoms with Crippen LogP contribution in [0.25, 0.3) is 0 Å². The van der Waals surface area contributed by atoms with E-state index in [9.17, 15) is 4.79 Å². The molecule has 0 amide bonds. The van der Waals surface area contributed by atoms with Crippen LogP contribution in [0, 0.1) is 6.92 Å². The quantitative estimate of drug-likeness (QED) is 0.777. The Kier molecular flexibility index (Phi) is 4.61. The number of hydrogen-bond acceptors (Lipinski definition) is 3. The van der Waals surface area contributed by atoms with Crippen LogP contribution >= 0.6 is 0 Å². The van der Waals surface area contributed by atoms with E-state index < -0.39 is 5.97 Å². The van der Waals surface area contributed by atoms with Gasteiger partial charge in [0.15, 0.2) is 0 Å². The highest BCUT2D eigenvalue weighted by Gasteiger charge is 2.33. The molecule has 136 valence electrons. The molecule has 2 aromatic rings. The van der Waals surface area contributed by atoms with Gasteiger partial charge in [0.25, 0.3) is 0 Å². The molecule has 4 nitrogen and oxygen atoms in total. The Morgan fingerprint density at radius 2 is 2.00 bits per heavy atom. The fourth-order valence-electron chi connectivity index (χ4n) is 3.70. The van der Waals surface area contributed by atoms with Gasteiger partial charge in [-0.3, -0.25) is 4.99 Å². The van der Waals surface area contributed by atoms with Gasteiger partial charge in [-0.25, -0.2) is 4.79 Å². The molecule has 0 aromatic heterocycles. The van der Waals surface area contributed by atoms with Gasteiger partial charge in [0, 0.05) is 24.5 Å². The summed E-state index contributed by atoms with van der Waals surface area (Å²) in [6, 6.07) is 11.5. The van der Waals surface area contributed by atoms with E-state index in [1.807, 2.05) is 13.1 Å². The number of carboxylic acids is 1. The molecule has 0 radical (unpaired) electrons. The van der Waals surface area contributed by atoms with E-state index in [1.165, 1.54) is 11.3 Å². The molecule has 0 aliphatic carbocycles. The highest BCUT2D eigenvalue weighted by Crippen LogP contribution is 2.42. The molecule has 2 aromatic carbocycles. The molecule has 0 bridgehead atoms. The Bertz CT molecular complexity index is 884. The zero-order valence-corrected chi connectivity index (χ0v) is 16.1. The van der Waals surface area contributed by atoms with E-state index in [0.717, 1.165) is 17.5 Å². The number of hydrogen-bond donors (Lipinski definition) is 1. The number of rotatable bonds is 3. The summed E-state index contributed by atoms with van der Waals surface area (Å²) in [6.45, 7) is 8.76. The van der Waals surface area contributed by atoms with Crippen molar-refractivity contribution in [2.45, 2.75) is 45.6 Å². The van der Waals surface area contributed by atoms with Crippen molar-refractivity contribution in [1.82, 2.24) is 0 Å². The van der Waals surface area contributed by atoms with Crippen molar-refractivity contribution in [3.63, 3.8) is 0 Å². The van der Waals surface area contributed by atoms with Crippen molar-refractivity contribution in [1.29, 1.82) is 0 Å². The van der Waals surface area contributed by atoms with E-state index in [2.05, 4.69) is 55.9 Å². The predicted molar refractivity (Wildman–Crippen MR) is 107 cm³/mol. The zero-order valence-electron chi connectivity index (χ0n) is 16.1. The first kappa shape index (κ1) is 18.2. The third-order valence-electron chi connectivity index (χ3n) is 5.47. The standard InChI is InChI=1S/C22H26N2O2/c1-14-6-8-17(21(25)26)11-19(14)23-13-16-7-9-20-18(10-16)15(2)12-22(3,4)24(20)5/h6-11,13,15H,12H2,1-5H3,(H,25,26). The molecule has 1 unspecified atom stereocenters. The molecule has 0 saturated heterocycles. The number of carboxylic acid groups (broad SMARTS) is 1. The highest BCUT2D eigenvalue weighted by molar-refractivity contribution is 5.90. The summed E-state index contributed by atoms with van der Waals surface area (Å²) in [6.07, 6.45) is 2.93. The first-order valence-electron chi connectivity index (χ1n) is 8.95. The Labute approximate surface area is 155 Å². The van der Waals surface area contributed by atoms with Crippen molar-refractivity contribution < 1.29 is 9.90 Å². The van der Waals surface area contributed by atoms with Gasteiger partial charge >= 0.3 is 5.97 Å². The number of aryl methyl sites for hydroxylation is 1. The highest BCUT2D eigenvalue weighted by atomic mass is 16.4. The summed E-state index contributed by atoms with van der Waals surface area (Å²) in [4.78, 5) is 18.1. The summed E-state index contributed by atoms with van der Waals surface area (Å²) in [5.74, 6) is -0.448. The number of aliphatic imine (C=N–C) groups is 1. The lowest BCUT2D eigenvalue weighted by atomic mass is 9.80. The van der Waals surface area contributed by atoms with E-state index in [-0.39, 0.29) is 11.1 Å². The SMILES string of the molecule is Cc1ccc(C(=O)O)cc1N=Cc1ccc2c(c1)C(C)CC(C)(C)N2C. The monoisotopic (exact) mass is 350 g/mol. The third-order valence-corrected chi connectivity index (χ3v) is 5.47. The molecule has 0 fully saturated rings. The summed E-state index contributed by atoms with van der Waals surface area (Å²) < 4.78 is 0. The normalized spacial score (nSPS) is 18.8. The summed E-state index contributed by atoms with van der Waals surface area (Å²) in [7, 11) is 2.15. The van der Waals surface area contributed by atoms with Crippen LogP contribution in [0.4, 0.5) is 11.4 Å². The molecule has 1 heterocycles. The maximum atomic E-state index is 11.2. The van der Waals surface area contributed by atoms with Gasteiger partial charge < -0.3 is 10.0 Å². The van der Waals surface area contributed by atoms with Crippen molar-refractivity contribution >= 4 is 23.6 Å². The minimum atomic E-state index is -0.935. The first-order valence-corrected chi connectivity index (χ1v) is 8.95. The van der Waals surface area contributed by atoms with Crippen molar-refractivity contribution in [3.05, 3.63) is 58.7 Å². The summed E-state index contributed by atoms with van der Waals surface area (Å²) in [5, 5.41) is 9.16. The van der Waals surface area contributed by atoms with Gasteiger partial charge in [-0.05, 0) is 74.1 Å². The van der Waals surface area contributed by atoms with Gasteiger partial charge in [-0.1, -0.05) is 19.1 Å². The molecule has 1 atom stereocenters. The van der Waals surface area contributed by atoms with Crippen LogP contribution < -0.4 is 4.90 Å². The number of nitrogens with zero attached hydrogens (tertiary/aromatic N) is 2. The minimum absolute atomic E-state index is 0.149. The average molecular weight is 350 g/mol. The van der Waals surface area contributed by atoms with Crippen molar-refractivity contribution in [2.75, 3.05) is 11.9 Å². The second-order valence-corrected chi connectivity index (χ2v) is 7.86. The van der Waals surface area contributed by atoms with Crippen LogP contribution in [0.1, 0.15) is 60.2 Å². The van der Waals surface area contributed by atoms with E-state index >= 15 is 0 Å². The largest absolute Gasteiger partial charge is 0.478 e. The van der Waals surface area contributed by atoms with Crippen molar-refractivity contribution in [2.24, 2.45) is 4.99 Å². The van der Waals surface area contributed by atoms with Crippen LogP contribution in [-0.2, 0) is 0 Å². The Hall–Kier alpha value is -2.62. The maximum Gasteiger partial charge on any atom is 0.335 e. The number of aromatic carboxylic acids is 1. The van der Waals surface area contributed by atoms with Crippen LogP contribution in [0.15, 0.2) is 41.4 Å². The fourth-order valence-corrected chi connectivity index (χ4v) is 3.70. The maximum absolute atomic E-state index is 11.2. The Balaban J connectivity index is 1.93. The summed E-state index contributed by atoms with van der Waals surface area (Å²) in [5.41, 5.74) is 5.69. The van der Waals surface area contributed by atoms with E-state index in [1.54, 1.807) is 18.2 Å². The predicted octanol–water partition coefficient (Wildman–Crippen LogP) is 5.17.